The van der Waals surface area contributed by atoms with Crippen LogP contribution in [0.2, 0.25) is 0 Å². The van der Waals surface area contributed by atoms with Crippen molar-refractivity contribution in [2.24, 2.45) is 0 Å². The predicted octanol–water partition coefficient (Wildman–Crippen LogP) is 4.34. The smallest absolute Gasteiger partial charge is 0.263 e. The van der Waals surface area contributed by atoms with E-state index in [4.69, 9.17) is 4.42 Å². The molecule has 1 aliphatic heterocycles. The number of aromatic nitrogens is 1. The molecule has 5 nitrogen and oxygen atoms in total. The average molecular weight is 388 g/mol. The number of carbonyl (C=O) groups excluding carboxylic acids is 1. The van der Waals surface area contributed by atoms with Crippen LogP contribution in [0.1, 0.15) is 40.0 Å². The molecule has 136 valence electrons. The third-order valence-electron chi connectivity index (χ3n) is 4.64. The minimum atomic E-state index is -0.0569. The van der Waals surface area contributed by atoms with Gasteiger partial charge in [0, 0.05) is 6.54 Å². The van der Waals surface area contributed by atoms with Gasteiger partial charge in [0.15, 0.2) is 0 Å². The van der Waals surface area contributed by atoms with Gasteiger partial charge < -0.3 is 9.73 Å². The molecule has 0 aromatic carbocycles. The molecule has 4 heterocycles. The van der Waals surface area contributed by atoms with Crippen LogP contribution in [0.4, 0.5) is 0 Å². The topological polar surface area (TPSA) is 58.4 Å². The summed E-state index contributed by atoms with van der Waals surface area (Å²) in [4.78, 5) is 21.5. The van der Waals surface area contributed by atoms with Gasteiger partial charge in [-0.25, -0.2) is 4.98 Å². The van der Waals surface area contributed by atoms with Crippen LogP contribution >= 0.6 is 22.7 Å². The molecule has 1 saturated heterocycles. The van der Waals surface area contributed by atoms with Crippen LogP contribution in [0.3, 0.4) is 0 Å². The highest BCUT2D eigenvalue weighted by Crippen LogP contribution is 2.31. The Morgan fingerprint density at radius 3 is 2.88 bits per heavy atom. The van der Waals surface area contributed by atoms with E-state index in [9.17, 15) is 4.79 Å². The van der Waals surface area contributed by atoms with Crippen LogP contribution in [0.15, 0.2) is 40.3 Å². The maximum absolute atomic E-state index is 12.8. The van der Waals surface area contributed by atoms with Gasteiger partial charge in [-0.3, -0.25) is 9.69 Å². The summed E-state index contributed by atoms with van der Waals surface area (Å²) < 4.78 is 5.62. The summed E-state index contributed by atoms with van der Waals surface area (Å²) in [7, 11) is 0. The minimum absolute atomic E-state index is 0.0569. The van der Waals surface area contributed by atoms with Crippen molar-refractivity contribution in [3.05, 3.63) is 52.2 Å². The molecule has 7 heteroatoms. The molecule has 0 saturated carbocycles. The first-order valence-corrected chi connectivity index (χ1v) is 10.5. The van der Waals surface area contributed by atoms with E-state index in [0.29, 0.717) is 11.4 Å². The maximum atomic E-state index is 12.8. The summed E-state index contributed by atoms with van der Waals surface area (Å²) in [6.07, 6.45) is 4.09. The molecule has 3 aromatic rings. The lowest BCUT2D eigenvalue weighted by molar-refractivity contribution is 0.0937. The Labute approximate surface area is 160 Å². The van der Waals surface area contributed by atoms with E-state index >= 15 is 0 Å². The van der Waals surface area contributed by atoms with Crippen molar-refractivity contribution in [2.75, 3.05) is 19.6 Å². The van der Waals surface area contributed by atoms with Crippen molar-refractivity contribution < 1.29 is 9.21 Å². The Morgan fingerprint density at radius 1 is 1.35 bits per heavy atom. The number of rotatable bonds is 6. The molecule has 1 atom stereocenters. The molecule has 1 aliphatic rings. The third kappa shape index (κ3) is 3.60. The van der Waals surface area contributed by atoms with Gasteiger partial charge >= 0.3 is 0 Å². The number of hydrogen-bond donors (Lipinski definition) is 1. The van der Waals surface area contributed by atoms with E-state index < -0.39 is 0 Å². The Hall–Kier alpha value is -1.96. The van der Waals surface area contributed by atoms with E-state index in [0.717, 1.165) is 34.4 Å². The molecule has 26 heavy (non-hydrogen) atoms. The minimum Gasteiger partial charge on any atom is -0.468 e. The van der Waals surface area contributed by atoms with Crippen molar-refractivity contribution >= 4 is 28.6 Å². The van der Waals surface area contributed by atoms with E-state index in [1.807, 2.05) is 36.6 Å². The number of furan rings is 1. The highest BCUT2D eigenvalue weighted by Gasteiger charge is 2.26. The van der Waals surface area contributed by atoms with Gasteiger partial charge in [0.25, 0.3) is 5.91 Å². The van der Waals surface area contributed by atoms with Crippen LogP contribution in [0.25, 0.3) is 9.88 Å². The first kappa shape index (κ1) is 17.5. The fourth-order valence-corrected chi connectivity index (χ4v) is 5.11. The number of thiophene rings is 1. The van der Waals surface area contributed by atoms with Crippen LogP contribution in [0.5, 0.6) is 0 Å². The quantitative estimate of drug-likeness (QED) is 0.683. The first-order valence-electron chi connectivity index (χ1n) is 8.79. The molecule has 3 aromatic heterocycles. The van der Waals surface area contributed by atoms with Crippen molar-refractivity contribution in [2.45, 2.75) is 25.8 Å². The SMILES string of the molecule is Cc1nc(-c2cccs2)sc1C(=O)NC[C@@H](c1ccco1)N1CCCC1. The van der Waals surface area contributed by atoms with Crippen LogP contribution < -0.4 is 5.32 Å². The largest absolute Gasteiger partial charge is 0.468 e. The number of nitrogens with zero attached hydrogens (tertiary/aromatic N) is 2. The highest BCUT2D eigenvalue weighted by molar-refractivity contribution is 7.22. The highest BCUT2D eigenvalue weighted by atomic mass is 32.1. The molecule has 1 N–H and O–H groups in total. The predicted molar refractivity (Wildman–Crippen MR) is 105 cm³/mol. The number of amides is 1. The Balaban J connectivity index is 1.47. The zero-order chi connectivity index (χ0) is 17.9. The molecule has 0 radical (unpaired) electrons. The Bertz CT molecular complexity index is 850. The zero-order valence-corrected chi connectivity index (χ0v) is 16.2. The number of likely N-dealkylation sites (tertiary alicyclic amines) is 1. The lowest BCUT2D eigenvalue weighted by Crippen LogP contribution is -2.36. The summed E-state index contributed by atoms with van der Waals surface area (Å²) in [5.74, 6) is 0.853. The fraction of sp³-hybridized carbons (Fsp3) is 0.368. The average Bonchev–Trinajstić information content (AvgIpc) is 3.42. The van der Waals surface area contributed by atoms with Gasteiger partial charge in [0.1, 0.15) is 15.6 Å². The third-order valence-corrected chi connectivity index (χ3v) is 6.84. The molecule has 0 spiro atoms. The standard InChI is InChI=1S/C19H21N3O2S2/c1-13-17(26-19(21-13)16-7-5-11-25-16)18(23)20-12-14(15-6-4-10-24-15)22-8-2-3-9-22/h4-7,10-11,14H,2-3,8-9,12H2,1H3,(H,20,23)/t14-/m0/s1. The van der Waals surface area contributed by atoms with Gasteiger partial charge in [-0.05, 0) is 56.4 Å². The molecular formula is C19H21N3O2S2. The van der Waals surface area contributed by atoms with Gasteiger partial charge in [0.2, 0.25) is 0 Å². The van der Waals surface area contributed by atoms with Crippen molar-refractivity contribution in [3.63, 3.8) is 0 Å². The molecule has 1 fully saturated rings. The first-order chi connectivity index (χ1) is 12.7. The number of nitrogens with one attached hydrogen (secondary N) is 1. The monoisotopic (exact) mass is 387 g/mol. The fourth-order valence-electron chi connectivity index (χ4n) is 3.33. The molecule has 0 bridgehead atoms. The maximum Gasteiger partial charge on any atom is 0.263 e. The van der Waals surface area contributed by atoms with Crippen LogP contribution in [-0.2, 0) is 0 Å². The number of carbonyl (C=O) groups is 1. The Morgan fingerprint density at radius 2 is 2.19 bits per heavy atom. The van der Waals surface area contributed by atoms with Crippen molar-refractivity contribution in [1.82, 2.24) is 15.2 Å². The normalized spacial score (nSPS) is 16.0. The van der Waals surface area contributed by atoms with E-state index in [-0.39, 0.29) is 11.9 Å². The molecule has 4 rings (SSSR count). The van der Waals surface area contributed by atoms with Gasteiger partial charge in [-0.15, -0.1) is 22.7 Å². The lowest BCUT2D eigenvalue weighted by Gasteiger charge is -2.25. The summed E-state index contributed by atoms with van der Waals surface area (Å²) >= 11 is 3.10. The second-order valence-electron chi connectivity index (χ2n) is 6.40. The van der Waals surface area contributed by atoms with Crippen molar-refractivity contribution in [1.29, 1.82) is 0 Å². The van der Waals surface area contributed by atoms with Gasteiger partial charge in [0.05, 0.1) is 22.9 Å². The molecule has 0 aliphatic carbocycles. The van der Waals surface area contributed by atoms with E-state index in [1.54, 1.807) is 17.6 Å². The summed E-state index contributed by atoms with van der Waals surface area (Å²) in [5, 5.41) is 6.03. The lowest BCUT2D eigenvalue weighted by atomic mass is 10.2. The van der Waals surface area contributed by atoms with E-state index in [2.05, 4.69) is 15.2 Å². The summed E-state index contributed by atoms with van der Waals surface area (Å²) in [5.41, 5.74) is 0.784. The number of aryl methyl sites for hydroxylation is 1. The molecular weight excluding hydrogens is 366 g/mol. The zero-order valence-electron chi connectivity index (χ0n) is 14.6. The number of thiazole rings is 1. The molecule has 1 amide bonds. The second-order valence-corrected chi connectivity index (χ2v) is 8.34. The number of hydrogen-bond acceptors (Lipinski definition) is 6. The van der Waals surface area contributed by atoms with Gasteiger partial charge in [-0.1, -0.05) is 6.07 Å². The van der Waals surface area contributed by atoms with Crippen LogP contribution in [0, 0.1) is 6.92 Å². The van der Waals surface area contributed by atoms with Crippen LogP contribution in [-0.4, -0.2) is 35.4 Å². The summed E-state index contributed by atoms with van der Waals surface area (Å²) in [6.45, 7) is 4.53. The van der Waals surface area contributed by atoms with Crippen molar-refractivity contribution in [3.8, 4) is 9.88 Å². The van der Waals surface area contributed by atoms with Gasteiger partial charge in [-0.2, -0.15) is 0 Å². The second kappa shape index (κ2) is 7.73. The Kier molecular flexibility index (Phi) is 5.19. The van der Waals surface area contributed by atoms with E-state index in [1.165, 1.54) is 24.2 Å². The molecule has 0 unspecified atom stereocenters. The summed E-state index contributed by atoms with van der Waals surface area (Å²) in [6, 6.07) is 8.01.